The number of anilines is 1. The number of likely N-dealkylation sites (tertiary alicyclic amines) is 1. The second-order valence-electron chi connectivity index (χ2n) is 5.11. The summed E-state index contributed by atoms with van der Waals surface area (Å²) >= 11 is 0. The fraction of sp³-hybridized carbons (Fsp3) is 0.538. The van der Waals surface area contributed by atoms with Gasteiger partial charge in [0.15, 0.2) is 0 Å². The molecule has 0 spiro atoms. The van der Waals surface area contributed by atoms with Crippen LogP contribution in [0.5, 0.6) is 0 Å². The molecule has 0 bridgehead atoms. The minimum absolute atomic E-state index is 0.145. The van der Waals surface area contributed by atoms with Gasteiger partial charge in [-0.05, 0) is 32.4 Å². The van der Waals surface area contributed by atoms with Crippen molar-refractivity contribution in [1.82, 2.24) is 9.88 Å². The van der Waals surface area contributed by atoms with E-state index in [4.69, 9.17) is 5.26 Å². The molecule has 0 aliphatic carbocycles. The average Bonchev–Trinajstić information content (AvgIpc) is 2.45. The van der Waals surface area contributed by atoms with Gasteiger partial charge in [0.2, 0.25) is 5.82 Å². The van der Waals surface area contributed by atoms with Crippen LogP contribution in [0, 0.1) is 27.4 Å². The van der Waals surface area contributed by atoms with Crippen molar-refractivity contribution in [2.24, 2.45) is 5.92 Å². The fourth-order valence-corrected chi connectivity index (χ4v) is 2.47. The highest BCUT2D eigenvalue weighted by Crippen LogP contribution is 2.23. The fourth-order valence-electron chi connectivity index (χ4n) is 2.47. The molecule has 1 aromatic rings. The second kappa shape index (κ2) is 6.30. The lowest BCUT2D eigenvalue weighted by molar-refractivity contribution is -0.384. The van der Waals surface area contributed by atoms with Crippen LogP contribution in [0.1, 0.15) is 18.4 Å². The third kappa shape index (κ3) is 3.42. The molecule has 1 unspecified atom stereocenters. The maximum atomic E-state index is 11.0. The summed E-state index contributed by atoms with van der Waals surface area (Å²) in [4.78, 5) is 16.7. The molecule has 7 heteroatoms. The number of nitrogens with one attached hydrogen (secondary N) is 1. The largest absolute Gasteiger partial charge is 0.364 e. The van der Waals surface area contributed by atoms with Gasteiger partial charge in [0.25, 0.3) is 0 Å². The third-order valence-electron chi connectivity index (χ3n) is 3.47. The van der Waals surface area contributed by atoms with Crippen LogP contribution in [-0.4, -0.2) is 41.5 Å². The molecule has 1 fully saturated rings. The first-order valence-electron chi connectivity index (χ1n) is 6.57. The van der Waals surface area contributed by atoms with E-state index >= 15 is 0 Å². The van der Waals surface area contributed by atoms with Gasteiger partial charge < -0.3 is 10.2 Å². The maximum absolute atomic E-state index is 11.0. The quantitative estimate of drug-likeness (QED) is 0.662. The lowest BCUT2D eigenvalue weighted by Crippen LogP contribution is -2.35. The van der Waals surface area contributed by atoms with Gasteiger partial charge >= 0.3 is 5.69 Å². The van der Waals surface area contributed by atoms with Gasteiger partial charge in [0.05, 0.1) is 10.5 Å². The average molecular weight is 275 g/mol. The first kappa shape index (κ1) is 14.2. The first-order valence-corrected chi connectivity index (χ1v) is 6.57. The van der Waals surface area contributed by atoms with Gasteiger partial charge in [-0.1, -0.05) is 0 Å². The minimum Gasteiger partial charge on any atom is -0.364 e. The summed E-state index contributed by atoms with van der Waals surface area (Å²) in [7, 11) is 2.08. The Morgan fingerprint density at radius 1 is 1.70 bits per heavy atom. The van der Waals surface area contributed by atoms with Crippen molar-refractivity contribution >= 4 is 11.5 Å². The highest BCUT2D eigenvalue weighted by molar-refractivity contribution is 5.58. The Balaban J connectivity index is 2.05. The lowest BCUT2D eigenvalue weighted by Gasteiger charge is -2.29. The summed E-state index contributed by atoms with van der Waals surface area (Å²) < 4.78 is 0. The van der Waals surface area contributed by atoms with Crippen LogP contribution in [0.3, 0.4) is 0 Å². The monoisotopic (exact) mass is 275 g/mol. The van der Waals surface area contributed by atoms with E-state index in [1.54, 1.807) is 0 Å². The Morgan fingerprint density at radius 3 is 3.15 bits per heavy atom. The summed E-state index contributed by atoms with van der Waals surface area (Å²) in [5.74, 6) is 0.702. The van der Waals surface area contributed by atoms with E-state index in [2.05, 4.69) is 22.2 Å². The minimum atomic E-state index is -0.511. The van der Waals surface area contributed by atoms with Crippen molar-refractivity contribution in [3.8, 4) is 6.07 Å². The zero-order valence-electron chi connectivity index (χ0n) is 11.4. The number of aromatic nitrogens is 1. The molecule has 106 valence electrons. The molecule has 1 aromatic heterocycles. The molecule has 1 N–H and O–H groups in total. The van der Waals surface area contributed by atoms with E-state index < -0.39 is 4.92 Å². The first-order chi connectivity index (χ1) is 9.60. The normalized spacial score (nSPS) is 19.3. The van der Waals surface area contributed by atoms with E-state index in [1.807, 2.05) is 6.07 Å². The zero-order chi connectivity index (χ0) is 14.5. The number of nitrogens with zero attached hydrogens (tertiary/aromatic N) is 4. The molecule has 1 aliphatic rings. The molecular formula is C13H17N5O2. The van der Waals surface area contributed by atoms with Gasteiger partial charge in [0.1, 0.15) is 6.07 Å². The van der Waals surface area contributed by atoms with Gasteiger partial charge in [-0.2, -0.15) is 5.26 Å². The molecule has 0 radical (unpaired) electrons. The summed E-state index contributed by atoms with van der Waals surface area (Å²) in [6.07, 6.45) is 3.61. The third-order valence-corrected chi connectivity index (χ3v) is 3.47. The molecule has 2 heterocycles. The van der Waals surface area contributed by atoms with Crippen molar-refractivity contribution in [3.63, 3.8) is 0 Å². The molecule has 1 saturated heterocycles. The Labute approximate surface area is 117 Å². The van der Waals surface area contributed by atoms with E-state index in [1.165, 1.54) is 12.3 Å². The molecule has 20 heavy (non-hydrogen) atoms. The zero-order valence-corrected chi connectivity index (χ0v) is 11.4. The van der Waals surface area contributed by atoms with E-state index in [0.29, 0.717) is 12.5 Å². The maximum Gasteiger partial charge on any atom is 0.312 e. The molecule has 0 aromatic carbocycles. The SMILES string of the molecule is CN1CCCC(CNc2ncc(C#N)cc2[N+](=O)[O-])C1. The Hall–Kier alpha value is -2.20. The summed E-state index contributed by atoms with van der Waals surface area (Å²) in [5.41, 5.74) is 0.0489. The van der Waals surface area contributed by atoms with Crippen molar-refractivity contribution in [1.29, 1.82) is 5.26 Å². The summed E-state index contributed by atoms with van der Waals surface area (Å²) in [6.45, 7) is 2.74. The number of nitro groups is 1. The number of rotatable bonds is 4. The number of nitriles is 1. The van der Waals surface area contributed by atoms with E-state index in [-0.39, 0.29) is 17.1 Å². The van der Waals surface area contributed by atoms with Gasteiger partial charge in [-0.15, -0.1) is 0 Å². The Morgan fingerprint density at radius 2 is 2.50 bits per heavy atom. The van der Waals surface area contributed by atoms with Crippen LogP contribution < -0.4 is 5.32 Å². The summed E-state index contributed by atoms with van der Waals surface area (Å²) in [5, 5.41) is 22.8. The van der Waals surface area contributed by atoms with E-state index in [9.17, 15) is 10.1 Å². The Kier molecular flexibility index (Phi) is 4.48. The van der Waals surface area contributed by atoms with Crippen LogP contribution in [0.4, 0.5) is 11.5 Å². The molecular weight excluding hydrogens is 258 g/mol. The number of hydrogen-bond donors (Lipinski definition) is 1. The topological polar surface area (TPSA) is 95.1 Å². The predicted octanol–water partition coefficient (Wildman–Crippen LogP) is 1.62. The highest BCUT2D eigenvalue weighted by Gasteiger charge is 2.20. The van der Waals surface area contributed by atoms with Crippen molar-refractivity contribution in [2.45, 2.75) is 12.8 Å². The number of hydrogen-bond acceptors (Lipinski definition) is 6. The highest BCUT2D eigenvalue weighted by atomic mass is 16.6. The van der Waals surface area contributed by atoms with E-state index in [0.717, 1.165) is 25.9 Å². The number of piperidine rings is 1. The molecule has 1 atom stereocenters. The van der Waals surface area contributed by atoms with Crippen LogP contribution in [0.25, 0.3) is 0 Å². The van der Waals surface area contributed by atoms with Crippen LogP contribution in [-0.2, 0) is 0 Å². The molecule has 0 amide bonds. The Bertz CT molecular complexity index is 540. The van der Waals surface area contributed by atoms with Crippen molar-refractivity contribution in [3.05, 3.63) is 27.9 Å². The van der Waals surface area contributed by atoms with Crippen molar-refractivity contribution < 1.29 is 4.92 Å². The smallest absolute Gasteiger partial charge is 0.312 e. The molecule has 0 saturated carbocycles. The van der Waals surface area contributed by atoms with Crippen LogP contribution in [0.2, 0.25) is 0 Å². The second-order valence-corrected chi connectivity index (χ2v) is 5.11. The number of pyridine rings is 1. The van der Waals surface area contributed by atoms with Gasteiger partial charge in [-0.25, -0.2) is 4.98 Å². The van der Waals surface area contributed by atoms with Crippen LogP contribution in [0.15, 0.2) is 12.3 Å². The van der Waals surface area contributed by atoms with Gasteiger partial charge in [0, 0.05) is 25.4 Å². The lowest BCUT2D eigenvalue weighted by atomic mass is 9.98. The molecule has 7 nitrogen and oxygen atoms in total. The van der Waals surface area contributed by atoms with Crippen LogP contribution >= 0.6 is 0 Å². The molecule has 1 aliphatic heterocycles. The predicted molar refractivity (Wildman–Crippen MR) is 74.3 cm³/mol. The molecule has 2 rings (SSSR count). The standard InChI is InChI=1S/C13H17N5O2/c1-17-4-2-3-10(9-17)7-15-13-12(18(19)20)5-11(6-14)8-16-13/h5,8,10H,2-4,7,9H2,1H3,(H,15,16). The van der Waals surface area contributed by atoms with Gasteiger partial charge in [-0.3, -0.25) is 10.1 Å². The van der Waals surface area contributed by atoms with Crippen molar-refractivity contribution in [2.75, 3.05) is 32.0 Å². The summed E-state index contributed by atoms with van der Waals surface area (Å²) in [6, 6.07) is 3.11.